The van der Waals surface area contributed by atoms with Gasteiger partial charge in [0.1, 0.15) is 12.4 Å². The highest BCUT2D eigenvalue weighted by atomic mass is 35.5. The molecule has 9 heteroatoms. The van der Waals surface area contributed by atoms with Crippen LogP contribution in [-0.2, 0) is 16.1 Å². The Morgan fingerprint density at radius 3 is 2.84 bits per heavy atom. The van der Waals surface area contributed by atoms with Gasteiger partial charge in [0.05, 0.1) is 37.6 Å². The average Bonchev–Trinajstić information content (AvgIpc) is 2.74. The number of morpholine rings is 1. The van der Waals surface area contributed by atoms with Crippen LogP contribution in [0.5, 0.6) is 11.5 Å². The molecule has 31 heavy (non-hydrogen) atoms. The van der Waals surface area contributed by atoms with Crippen LogP contribution in [0.25, 0.3) is 0 Å². The zero-order valence-corrected chi connectivity index (χ0v) is 18.0. The predicted octanol–water partition coefficient (Wildman–Crippen LogP) is 3.24. The summed E-state index contributed by atoms with van der Waals surface area (Å²) >= 11 is 6.39. The van der Waals surface area contributed by atoms with Crippen molar-refractivity contribution in [3.63, 3.8) is 0 Å². The normalized spacial score (nSPS) is 14.5. The molecule has 166 valence electrons. The van der Waals surface area contributed by atoms with Crippen molar-refractivity contribution < 1.29 is 23.4 Å². The van der Waals surface area contributed by atoms with Crippen molar-refractivity contribution in [2.45, 2.75) is 13.5 Å². The molecular formula is C22H25ClFN3O4. The topological polar surface area (TPSA) is 72.4 Å². The second kappa shape index (κ2) is 11.6. The van der Waals surface area contributed by atoms with Crippen LogP contribution in [0.3, 0.4) is 0 Å². The van der Waals surface area contributed by atoms with Crippen LogP contribution in [0.4, 0.5) is 4.39 Å². The molecule has 0 saturated carbocycles. The van der Waals surface area contributed by atoms with Crippen LogP contribution in [0.2, 0.25) is 5.02 Å². The summed E-state index contributed by atoms with van der Waals surface area (Å²) in [4.78, 5) is 14.0. The quantitative estimate of drug-likeness (QED) is 0.470. The molecule has 1 aliphatic rings. The van der Waals surface area contributed by atoms with Gasteiger partial charge < -0.3 is 14.2 Å². The molecule has 0 aromatic heterocycles. The first-order chi connectivity index (χ1) is 15.0. The van der Waals surface area contributed by atoms with Crippen molar-refractivity contribution >= 4 is 23.7 Å². The Labute approximate surface area is 185 Å². The number of rotatable bonds is 9. The second-order valence-electron chi connectivity index (χ2n) is 6.86. The number of amides is 1. The molecule has 1 aliphatic heterocycles. The Bertz CT molecular complexity index is 920. The molecule has 2 aromatic carbocycles. The van der Waals surface area contributed by atoms with Gasteiger partial charge in [-0.15, -0.1) is 0 Å². The molecule has 1 fully saturated rings. The van der Waals surface area contributed by atoms with E-state index in [1.165, 1.54) is 18.3 Å². The summed E-state index contributed by atoms with van der Waals surface area (Å²) in [6.07, 6.45) is 1.49. The highest BCUT2D eigenvalue weighted by molar-refractivity contribution is 6.32. The first-order valence-corrected chi connectivity index (χ1v) is 10.4. The summed E-state index contributed by atoms with van der Waals surface area (Å²) in [5.41, 5.74) is 3.82. The van der Waals surface area contributed by atoms with E-state index in [-0.39, 0.29) is 24.9 Å². The number of hydrogen-bond donors (Lipinski definition) is 1. The summed E-state index contributed by atoms with van der Waals surface area (Å²) in [7, 11) is 0. The molecule has 0 atom stereocenters. The Hall–Kier alpha value is -2.68. The summed E-state index contributed by atoms with van der Waals surface area (Å²) in [5, 5.41) is 4.33. The molecule has 2 aromatic rings. The molecule has 0 bridgehead atoms. The number of hydrogen-bond acceptors (Lipinski definition) is 6. The van der Waals surface area contributed by atoms with Crippen LogP contribution >= 0.6 is 11.6 Å². The molecular weight excluding hydrogens is 425 g/mol. The first-order valence-electron chi connectivity index (χ1n) is 10.0. The maximum absolute atomic E-state index is 13.4. The number of hydrazone groups is 1. The van der Waals surface area contributed by atoms with Gasteiger partial charge in [0, 0.05) is 13.1 Å². The first kappa shape index (κ1) is 23.0. The monoisotopic (exact) mass is 449 g/mol. The molecule has 1 amide bonds. The Kier molecular flexibility index (Phi) is 8.63. The Balaban J connectivity index is 1.63. The Morgan fingerprint density at radius 2 is 2.10 bits per heavy atom. The van der Waals surface area contributed by atoms with Crippen LogP contribution < -0.4 is 14.9 Å². The molecule has 1 heterocycles. The molecule has 0 spiro atoms. The molecule has 1 saturated heterocycles. The molecule has 7 nitrogen and oxygen atoms in total. The third-order valence-electron chi connectivity index (χ3n) is 4.48. The second-order valence-corrected chi connectivity index (χ2v) is 7.27. The van der Waals surface area contributed by atoms with Gasteiger partial charge in [0.25, 0.3) is 5.91 Å². The molecule has 3 rings (SSSR count). The minimum absolute atomic E-state index is 0.141. The number of benzene rings is 2. The van der Waals surface area contributed by atoms with Crippen LogP contribution in [0, 0.1) is 5.82 Å². The van der Waals surface area contributed by atoms with Crippen molar-refractivity contribution in [3.8, 4) is 11.5 Å². The fourth-order valence-electron chi connectivity index (χ4n) is 3.02. The van der Waals surface area contributed by atoms with Crippen molar-refractivity contribution in [1.82, 2.24) is 10.3 Å². The van der Waals surface area contributed by atoms with E-state index in [9.17, 15) is 9.18 Å². The van der Waals surface area contributed by atoms with E-state index in [1.54, 1.807) is 24.3 Å². The summed E-state index contributed by atoms with van der Waals surface area (Å²) in [5.74, 6) is 0.262. The summed E-state index contributed by atoms with van der Waals surface area (Å²) in [6.45, 7) is 5.36. The van der Waals surface area contributed by atoms with Crippen LogP contribution in [0.15, 0.2) is 41.5 Å². The molecule has 0 aliphatic carbocycles. The van der Waals surface area contributed by atoms with E-state index in [2.05, 4.69) is 10.5 Å². The number of nitrogens with zero attached hydrogens (tertiary/aromatic N) is 2. The number of nitrogens with one attached hydrogen (secondary N) is 1. The predicted molar refractivity (Wildman–Crippen MR) is 116 cm³/mol. The largest absolute Gasteiger partial charge is 0.490 e. The zero-order valence-electron chi connectivity index (χ0n) is 17.3. The summed E-state index contributed by atoms with van der Waals surface area (Å²) < 4.78 is 30.1. The lowest BCUT2D eigenvalue weighted by molar-refractivity contribution is -0.123. The Morgan fingerprint density at radius 1 is 1.29 bits per heavy atom. The van der Waals surface area contributed by atoms with Gasteiger partial charge in [-0.3, -0.25) is 9.69 Å². The third kappa shape index (κ3) is 7.20. The minimum Gasteiger partial charge on any atom is -0.490 e. The van der Waals surface area contributed by atoms with Gasteiger partial charge in [0.2, 0.25) is 0 Å². The fraction of sp³-hybridized carbons (Fsp3) is 0.364. The number of ether oxygens (including phenoxy) is 3. The third-order valence-corrected chi connectivity index (χ3v) is 4.76. The minimum atomic E-state index is -0.334. The van der Waals surface area contributed by atoms with E-state index >= 15 is 0 Å². The van der Waals surface area contributed by atoms with E-state index in [0.717, 1.165) is 13.1 Å². The summed E-state index contributed by atoms with van der Waals surface area (Å²) in [6, 6.07) is 9.52. The lowest BCUT2D eigenvalue weighted by Crippen LogP contribution is -2.42. The van der Waals surface area contributed by atoms with Gasteiger partial charge in [-0.25, -0.2) is 9.82 Å². The average molecular weight is 450 g/mol. The number of carbonyl (C=O) groups excluding carboxylic acids is 1. The van der Waals surface area contributed by atoms with Gasteiger partial charge in [-0.2, -0.15) is 5.10 Å². The molecule has 0 radical (unpaired) electrons. The highest BCUT2D eigenvalue weighted by Crippen LogP contribution is 2.37. The standard InChI is InChI=1S/C22H25ClFN3O4/c1-2-30-20-12-17(13-25-26-21(28)14-27-6-8-29-9-7-27)11-19(23)22(20)31-15-16-4-3-5-18(24)10-16/h3-5,10-13H,2,6-9,14-15H2,1H3,(H,26,28)/b25-13+. The number of halogens is 2. The highest BCUT2D eigenvalue weighted by Gasteiger charge is 2.14. The molecule has 0 unspecified atom stereocenters. The molecule has 1 N–H and O–H groups in total. The van der Waals surface area contributed by atoms with Crippen molar-refractivity contribution in [3.05, 3.63) is 58.4 Å². The fourth-order valence-corrected chi connectivity index (χ4v) is 3.30. The van der Waals surface area contributed by atoms with Gasteiger partial charge in [-0.05, 0) is 42.3 Å². The van der Waals surface area contributed by atoms with Crippen LogP contribution in [0.1, 0.15) is 18.1 Å². The van der Waals surface area contributed by atoms with E-state index in [1.807, 2.05) is 11.8 Å². The SMILES string of the molecule is CCOc1cc(/C=N/NC(=O)CN2CCOCC2)cc(Cl)c1OCc1cccc(F)c1. The van der Waals surface area contributed by atoms with E-state index in [0.29, 0.717) is 47.5 Å². The van der Waals surface area contributed by atoms with Gasteiger partial charge >= 0.3 is 0 Å². The van der Waals surface area contributed by atoms with Gasteiger partial charge in [0.15, 0.2) is 11.5 Å². The van der Waals surface area contributed by atoms with Crippen molar-refractivity contribution in [2.24, 2.45) is 5.10 Å². The lowest BCUT2D eigenvalue weighted by atomic mass is 10.2. The van der Waals surface area contributed by atoms with E-state index < -0.39 is 0 Å². The van der Waals surface area contributed by atoms with Crippen molar-refractivity contribution in [1.29, 1.82) is 0 Å². The maximum atomic E-state index is 13.4. The van der Waals surface area contributed by atoms with Crippen LogP contribution in [-0.4, -0.2) is 56.5 Å². The van der Waals surface area contributed by atoms with Crippen molar-refractivity contribution in [2.75, 3.05) is 39.5 Å². The zero-order chi connectivity index (χ0) is 22.1. The van der Waals surface area contributed by atoms with Gasteiger partial charge in [-0.1, -0.05) is 23.7 Å². The number of carbonyl (C=O) groups is 1. The smallest absolute Gasteiger partial charge is 0.254 e. The maximum Gasteiger partial charge on any atom is 0.254 e. The lowest BCUT2D eigenvalue weighted by Gasteiger charge is -2.25. The van der Waals surface area contributed by atoms with E-state index in [4.69, 9.17) is 25.8 Å².